The molecule has 1 atom stereocenters. The fourth-order valence-corrected chi connectivity index (χ4v) is 1.98. The van der Waals surface area contributed by atoms with Crippen LogP contribution in [-0.2, 0) is 6.42 Å². The summed E-state index contributed by atoms with van der Waals surface area (Å²) in [6, 6.07) is 11.7. The highest BCUT2D eigenvalue weighted by Gasteiger charge is 2.15. The van der Waals surface area contributed by atoms with Crippen molar-refractivity contribution >= 4 is 0 Å². The van der Waals surface area contributed by atoms with E-state index in [4.69, 9.17) is 4.74 Å². The molecule has 3 heteroatoms. The Balaban J connectivity index is 2.22. The second-order valence-electron chi connectivity index (χ2n) is 4.25. The van der Waals surface area contributed by atoms with Crippen molar-refractivity contribution in [3.63, 3.8) is 0 Å². The third kappa shape index (κ3) is 2.68. The van der Waals surface area contributed by atoms with Crippen molar-refractivity contribution in [1.82, 2.24) is 4.98 Å². The summed E-state index contributed by atoms with van der Waals surface area (Å²) in [5, 5.41) is 10.3. The van der Waals surface area contributed by atoms with Crippen LogP contribution in [0.1, 0.15) is 22.8 Å². The number of hydrogen-bond acceptors (Lipinski definition) is 3. The van der Waals surface area contributed by atoms with Crippen LogP contribution >= 0.6 is 0 Å². The second kappa shape index (κ2) is 5.65. The summed E-state index contributed by atoms with van der Waals surface area (Å²) < 4.78 is 5.16. The quantitative estimate of drug-likeness (QED) is 0.897. The molecular formula is C15H17NO2. The van der Waals surface area contributed by atoms with E-state index < -0.39 is 6.10 Å². The van der Waals surface area contributed by atoms with Gasteiger partial charge in [-0.05, 0) is 30.2 Å². The Kier molecular flexibility index (Phi) is 3.95. The number of aliphatic hydroxyl groups excluding tert-OH is 1. The summed E-state index contributed by atoms with van der Waals surface area (Å²) >= 11 is 0. The lowest BCUT2D eigenvalue weighted by Gasteiger charge is -2.14. The smallest absolute Gasteiger partial charge is 0.218 e. The van der Waals surface area contributed by atoms with Crippen LogP contribution in [0.2, 0.25) is 0 Å². The summed E-state index contributed by atoms with van der Waals surface area (Å²) in [7, 11) is 1.56. The first-order chi connectivity index (χ1) is 8.72. The van der Waals surface area contributed by atoms with Crippen LogP contribution < -0.4 is 4.74 Å². The molecule has 0 fully saturated rings. The SMILES string of the molecule is COc1ncccc1C(O)Cc1ccccc1C. The lowest BCUT2D eigenvalue weighted by Crippen LogP contribution is -2.06. The zero-order chi connectivity index (χ0) is 13.0. The Morgan fingerprint density at radius 2 is 2.00 bits per heavy atom. The van der Waals surface area contributed by atoms with Crippen LogP contribution in [0.15, 0.2) is 42.6 Å². The van der Waals surface area contributed by atoms with E-state index in [1.165, 1.54) is 5.56 Å². The van der Waals surface area contributed by atoms with Crippen molar-refractivity contribution in [3.8, 4) is 5.88 Å². The van der Waals surface area contributed by atoms with Gasteiger partial charge in [0.25, 0.3) is 0 Å². The van der Waals surface area contributed by atoms with Crippen molar-refractivity contribution in [2.75, 3.05) is 7.11 Å². The van der Waals surface area contributed by atoms with Crippen LogP contribution in [0.3, 0.4) is 0 Å². The highest BCUT2D eigenvalue weighted by atomic mass is 16.5. The first-order valence-electron chi connectivity index (χ1n) is 5.94. The highest BCUT2D eigenvalue weighted by molar-refractivity contribution is 5.32. The third-order valence-electron chi connectivity index (χ3n) is 3.03. The summed E-state index contributed by atoms with van der Waals surface area (Å²) in [5.41, 5.74) is 3.04. The van der Waals surface area contributed by atoms with Crippen molar-refractivity contribution < 1.29 is 9.84 Å². The van der Waals surface area contributed by atoms with E-state index in [1.807, 2.05) is 37.3 Å². The molecule has 18 heavy (non-hydrogen) atoms. The predicted octanol–water partition coefficient (Wildman–Crippen LogP) is 2.67. The molecule has 0 saturated carbocycles. The molecule has 1 N–H and O–H groups in total. The standard InChI is InChI=1S/C15H17NO2/c1-11-6-3-4-7-12(11)10-14(17)13-8-5-9-16-15(13)18-2/h3-9,14,17H,10H2,1-2H3. The maximum atomic E-state index is 10.3. The van der Waals surface area contributed by atoms with Gasteiger partial charge >= 0.3 is 0 Å². The Morgan fingerprint density at radius 3 is 2.72 bits per heavy atom. The van der Waals surface area contributed by atoms with E-state index >= 15 is 0 Å². The molecule has 1 aromatic heterocycles. The molecule has 1 heterocycles. The number of benzene rings is 1. The van der Waals surface area contributed by atoms with Crippen LogP contribution in [-0.4, -0.2) is 17.2 Å². The van der Waals surface area contributed by atoms with Gasteiger partial charge in [0.2, 0.25) is 5.88 Å². The molecular weight excluding hydrogens is 226 g/mol. The molecule has 1 aromatic carbocycles. The minimum absolute atomic E-state index is 0.485. The van der Waals surface area contributed by atoms with Crippen LogP contribution in [0.25, 0.3) is 0 Å². The second-order valence-corrected chi connectivity index (χ2v) is 4.25. The van der Waals surface area contributed by atoms with Gasteiger partial charge in [0.05, 0.1) is 13.2 Å². The van der Waals surface area contributed by atoms with Gasteiger partial charge in [0.1, 0.15) is 0 Å². The van der Waals surface area contributed by atoms with Crippen LogP contribution in [0, 0.1) is 6.92 Å². The lowest BCUT2D eigenvalue weighted by atomic mass is 9.99. The Hall–Kier alpha value is -1.87. The molecule has 0 bridgehead atoms. The van der Waals surface area contributed by atoms with Gasteiger partial charge < -0.3 is 9.84 Å². The normalized spacial score (nSPS) is 12.2. The maximum absolute atomic E-state index is 10.3. The predicted molar refractivity (Wildman–Crippen MR) is 70.6 cm³/mol. The molecule has 2 aromatic rings. The number of aryl methyl sites for hydroxylation is 1. The number of hydrogen-bond donors (Lipinski definition) is 1. The Bertz CT molecular complexity index is 525. The minimum Gasteiger partial charge on any atom is -0.481 e. The number of aliphatic hydroxyl groups is 1. The van der Waals surface area contributed by atoms with Crippen molar-refractivity contribution in [2.45, 2.75) is 19.4 Å². The number of methoxy groups -OCH3 is 1. The fourth-order valence-electron chi connectivity index (χ4n) is 1.98. The van der Waals surface area contributed by atoms with Gasteiger partial charge in [-0.1, -0.05) is 24.3 Å². The molecule has 0 spiro atoms. The molecule has 0 saturated heterocycles. The van der Waals surface area contributed by atoms with E-state index in [1.54, 1.807) is 19.4 Å². The number of aromatic nitrogens is 1. The number of pyridine rings is 1. The molecule has 2 rings (SSSR count). The number of ether oxygens (including phenoxy) is 1. The van der Waals surface area contributed by atoms with E-state index in [-0.39, 0.29) is 0 Å². The van der Waals surface area contributed by atoms with E-state index in [2.05, 4.69) is 4.98 Å². The molecule has 94 valence electrons. The summed E-state index contributed by atoms with van der Waals surface area (Å²) in [6.45, 7) is 2.04. The topological polar surface area (TPSA) is 42.4 Å². The van der Waals surface area contributed by atoms with Gasteiger partial charge in [-0.15, -0.1) is 0 Å². The van der Waals surface area contributed by atoms with E-state index in [0.29, 0.717) is 12.3 Å². The van der Waals surface area contributed by atoms with Gasteiger partial charge in [-0.2, -0.15) is 0 Å². The van der Waals surface area contributed by atoms with Crippen molar-refractivity contribution in [1.29, 1.82) is 0 Å². The molecule has 0 aliphatic rings. The average molecular weight is 243 g/mol. The number of nitrogens with zero attached hydrogens (tertiary/aromatic N) is 1. The number of rotatable bonds is 4. The first-order valence-corrected chi connectivity index (χ1v) is 5.94. The van der Waals surface area contributed by atoms with Crippen LogP contribution in [0.4, 0.5) is 0 Å². The fraction of sp³-hybridized carbons (Fsp3) is 0.267. The molecule has 1 unspecified atom stereocenters. The largest absolute Gasteiger partial charge is 0.481 e. The molecule has 3 nitrogen and oxygen atoms in total. The molecule has 0 radical (unpaired) electrons. The molecule has 0 aliphatic carbocycles. The van der Waals surface area contributed by atoms with Gasteiger partial charge in [0.15, 0.2) is 0 Å². The van der Waals surface area contributed by atoms with Gasteiger partial charge in [-0.25, -0.2) is 4.98 Å². The summed E-state index contributed by atoms with van der Waals surface area (Å²) in [6.07, 6.45) is 1.62. The highest BCUT2D eigenvalue weighted by Crippen LogP contribution is 2.26. The van der Waals surface area contributed by atoms with E-state index in [9.17, 15) is 5.11 Å². The van der Waals surface area contributed by atoms with Crippen LogP contribution in [0.5, 0.6) is 5.88 Å². The minimum atomic E-state index is -0.602. The third-order valence-corrected chi connectivity index (χ3v) is 3.03. The molecule has 0 aliphatic heterocycles. The Labute approximate surface area is 107 Å². The average Bonchev–Trinajstić information content (AvgIpc) is 2.41. The zero-order valence-corrected chi connectivity index (χ0v) is 10.6. The van der Waals surface area contributed by atoms with Crippen molar-refractivity contribution in [2.24, 2.45) is 0 Å². The summed E-state index contributed by atoms with van der Waals surface area (Å²) in [4.78, 5) is 4.10. The Morgan fingerprint density at radius 1 is 1.22 bits per heavy atom. The maximum Gasteiger partial charge on any atom is 0.218 e. The first kappa shape index (κ1) is 12.6. The summed E-state index contributed by atoms with van der Waals surface area (Å²) in [5.74, 6) is 0.485. The van der Waals surface area contributed by atoms with Gasteiger partial charge in [-0.3, -0.25) is 0 Å². The monoisotopic (exact) mass is 243 g/mol. The van der Waals surface area contributed by atoms with Gasteiger partial charge in [0, 0.05) is 18.2 Å². The van der Waals surface area contributed by atoms with Crippen molar-refractivity contribution in [3.05, 3.63) is 59.3 Å². The van der Waals surface area contributed by atoms with E-state index in [0.717, 1.165) is 11.1 Å². The zero-order valence-electron chi connectivity index (χ0n) is 10.6. The lowest BCUT2D eigenvalue weighted by molar-refractivity contribution is 0.172. The molecule has 0 amide bonds.